The quantitative estimate of drug-likeness (QED) is 0.0981. The summed E-state index contributed by atoms with van der Waals surface area (Å²) in [5, 5.41) is 37.8. The zero-order chi connectivity index (χ0) is 42.4. The van der Waals surface area contributed by atoms with Crippen molar-refractivity contribution in [3.63, 3.8) is 0 Å². The van der Waals surface area contributed by atoms with Crippen LogP contribution in [0.5, 0.6) is 0 Å². The van der Waals surface area contributed by atoms with E-state index >= 15 is 0 Å². The Labute approximate surface area is 344 Å². The number of nitrogens with one attached hydrogen (secondary N) is 3. The number of nitrogens with zero attached hydrogens (tertiary/aromatic N) is 5. The maximum atomic E-state index is 11.9. The van der Waals surface area contributed by atoms with Gasteiger partial charge in [0, 0.05) is 93.3 Å². The van der Waals surface area contributed by atoms with Crippen LogP contribution >= 0.6 is 0 Å². The molecular weight excluding hydrogens is 777 g/mol. The average molecular weight is 807 g/mol. The SMILES string of the molecule is CC(=O)Nc1ccc(-c2c3nc(c(-c4ccc([N+](=O)[O-])cc4)c4ccc([nH]4)c(-c4ccc([N+](=O)[O-])cc4)c4nc(c(-c5ccc([N+](=O)[O-])cc5)c5ccc2[nH]5)C=C4)C=C3)cc1. The molecule has 2 aliphatic heterocycles. The standard InChI is InChI=1S/C46H30N8O7/c1-26(55)47-31-10-2-27(3-11-31)43-35-18-20-37(48-35)44(28-4-12-32(13-5-28)52(56)57)39-22-24-41(50-39)46(30-8-16-34(17-9-30)54(60)61)42-25-23-40(51-42)45(38-21-19-36(43)49-38)29-6-14-33(15-7-29)53(58)59/h2-25,48,51H,1H3,(H,47,55). The van der Waals surface area contributed by atoms with Crippen molar-refractivity contribution in [2.24, 2.45) is 0 Å². The second kappa shape index (κ2) is 15.1. The molecule has 7 aromatic rings. The van der Waals surface area contributed by atoms with Crippen LogP contribution in [0.1, 0.15) is 29.7 Å². The predicted molar refractivity (Wildman–Crippen MR) is 235 cm³/mol. The first kappa shape index (κ1) is 37.7. The third-order valence-electron chi connectivity index (χ3n) is 10.3. The molecule has 0 saturated carbocycles. The van der Waals surface area contributed by atoms with Gasteiger partial charge in [-0.1, -0.05) is 12.1 Å². The molecule has 3 aromatic heterocycles. The molecule has 1 amide bonds. The Balaban J connectivity index is 1.42. The Morgan fingerprint density at radius 3 is 0.951 bits per heavy atom. The van der Waals surface area contributed by atoms with E-state index in [4.69, 9.17) is 9.97 Å². The van der Waals surface area contributed by atoms with Gasteiger partial charge in [-0.15, -0.1) is 0 Å². The van der Waals surface area contributed by atoms with E-state index in [1.54, 1.807) is 48.5 Å². The Bertz CT molecular complexity index is 3150. The Morgan fingerprint density at radius 2 is 0.705 bits per heavy atom. The molecule has 0 spiro atoms. The van der Waals surface area contributed by atoms with Gasteiger partial charge >= 0.3 is 0 Å². The van der Waals surface area contributed by atoms with Crippen LogP contribution in [-0.2, 0) is 4.79 Å². The monoisotopic (exact) mass is 806 g/mol. The van der Waals surface area contributed by atoms with Crippen molar-refractivity contribution in [2.75, 3.05) is 5.32 Å². The molecule has 3 N–H and O–H groups in total. The van der Waals surface area contributed by atoms with Crippen LogP contribution in [-0.4, -0.2) is 40.6 Å². The lowest BCUT2D eigenvalue weighted by atomic mass is 10.0. The van der Waals surface area contributed by atoms with Gasteiger partial charge in [0.2, 0.25) is 5.91 Å². The van der Waals surface area contributed by atoms with E-state index < -0.39 is 14.8 Å². The van der Waals surface area contributed by atoms with Gasteiger partial charge in [-0.2, -0.15) is 0 Å². The van der Waals surface area contributed by atoms with Gasteiger partial charge < -0.3 is 15.3 Å². The Hall–Kier alpha value is -8.85. The fourth-order valence-corrected chi connectivity index (χ4v) is 7.59. The largest absolute Gasteiger partial charge is 0.354 e. The van der Waals surface area contributed by atoms with Gasteiger partial charge in [-0.25, -0.2) is 9.97 Å². The molecule has 8 bridgehead atoms. The van der Waals surface area contributed by atoms with Crippen molar-refractivity contribution in [1.82, 2.24) is 19.9 Å². The summed E-state index contributed by atoms with van der Waals surface area (Å²) in [5.74, 6) is -0.209. The molecule has 5 heterocycles. The minimum atomic E-state index is -0.467. The number of non-ortho nitro benzene ring substituents is 3. The van der Waals surface area contributed by atoms with Gasteiger partial charge in [0.1, 0.15) is 0 Å². The summed E-state index contributed by atoms with van der Waals surface area (Å²) in [4.78, 5) is 62.9. The molecule has 0 saturated heterocycles. The first-order valence-corrected chi connectivity index (χ1v) is 18.8. The number of amides is 1. The summed E-state index contributed by atoms with van der Waals surface area (Å²) >= 11 is 0. The van der Waals surface area contributed by atoms with Crippen molar-refractivity contribution >= 4 is 75.0 Å². The van der Waals surface area contributed by atoms with Crippen LogP contribution in [0.3, 0.4) is 0 Å². The predicted octanol–water partition coefficient (Wildman–Crippen LogP) is 11.0. The number of fused-ring (bicyclic) bond motifs is 8. The van der Waals surface area contributed by atoms with Crippen molar-refractivity contribution in [2.45, 2.75) is 6.92 Å². The number of nitro benzene ring substituents is 3. The van der Waals surface area contributed by atoms with Crippen molar-refractivity contribution in [1.29, 1.82) is 0 Å². The number of carbonyl (C=O) groups is 1. The fourth-order valence-electron chi connectivity index (χ4n) is 7.59. The molecule has 0 fully saturated rings. The number of hydrogen-bond donors (Lipinski definition) is 3. The van der Waals surface area contributed by atoms with E-state index in [1.165, 1.54) is 43.3 Å². The number of carbonyl (C=O) groups excluding carboxylic acids is 1. The first-order valence-electron chi connectivity index (χ1n) is 18.8. The summed E-state index contributed by atoms with van der Waals surface area (Å²) in [6.07, 6.45) is 7.46. The molecule has 2 aliphatic rings. The van der Waals surface area contributed by atoms with E-state index in [1.807, 2.05) is 60.7 Å². The lowest BCUT2D eigenvalue weighted by Gasteiger charge is -2.08. The van der Waals surface area contributed by atoms with Crippen molar-refractivity contribution in [3.05, 3.63) is 174 Å². The highest BCUT2D eigenvalue weighted by Gasteiger charge is 2.20. The van der Waals surface area contributed by atoms with Crippen LogP contribution in [0.2, 0.25) is 0 Å². The molecule has 0 radical (unpaired) electrons. The van der Waals surface area contributed by atoms with Gasteiger partial charge in [0.05, 0.1) is 37.5 Å². The third kappa shape index (κ3) is 7.18. The van der Waals surface area contributed by atoms with Crippen LogP contribution in [0.25, 0.3) is 90.9 Å². The first-order chi connectivity index (χ1) is 29.5. The molecular formula is C46H30N8O7. The number of H-pyrrole nitrogens is 2. The number of benzene rings is 4. The lowest BCUT2D eigenvalue weighted by molar-refractivity contribution is -0.385. The Kier molecular flexibility index (Phi) is 9.37. The molecule has 15 heteroatoms. The summed E-state index contributed by atoms with van der Waals surface area (Å²) in [7, 11) is 0. The van der Waals surface area contributed by atoms with Crippen LogP contribution in [0, 0.1) is 30.3 Å². The van der Waals surface area contributed by atoms with Gasteiger partial charge in [-0.05, 0) is 119 Å². The summed E-state index contributed by atoms with van der Waals surface area (Å²) < 4.78 is 0. The van der Waals surface area contributed by atoms with Crippen molar-refractivity contribution in [3.8, 4) is 44.5 Å². The van der Waals surface area contributed by atoms with E-state index in [9.17, 15) is 35.1 Å². The van der Waals surface area contributed by atoms with Crippen LogP contribution in [0.4, 0.5) is 22.7 Å². The number of nitro groups is 3. The summed E-state index contributed by atoms with van der Waals surface area (Å²) in [5.41, 5.74) is 10.6. The second-order valence-electron chi connectivity index (χ2n) is 14.2. The van der Waals surface area contributed by atoms with E-state index in [0.29, 0.717) is 83.9 Å². The zero-order valence-corrected chi connectivity index (χ0v) is 32.0. The number of aromatic amines is 2. The molecule has 0 atom stereocenters. The highest BCUT2D eigenvalue weighted by atomic mass is 16.6. The highest BCUT2D eigenvalue weighted by Crippen LogP contribution is 2.39. The smallest absolute Gasteiger partial charge is 0.269 e. The highest BCUT2D eigenvalue weighted by molar-refractivity contribution is 6.00. The maximum Gasteiger partial charge on any atom is 0.269 e. The summed E-state index contributed by atoms with van der Waals surface area (Å²) in [6, 6.07) is 33.5. The number of anilines is 1. The zero-order valence-electron chi connectivity index (χ0n) is 32.0. The van der Waals surface area contributed by atoms with Gasteiger partial charge in [0.25, 0.3) is 17.1 Å². The van der Waals surface area contributed by atoms with Gasteiger partial charge in [-0.3, -0.25) is 35.1 Å². The number of rotatable bonds is 8. The molecule has 0 unspecified atom stereocenters. The second-order valence-corrected chi connectivity index (χ2v) is 14.2. The fraction of sp³-hybridized carbons (Fsp3) is 0.0217. The van der Waals surface area contributed by atoms with Crippen LogP contribution < -0.4 is 5.32 Å². The molecule has 9 rings (SSSR count). The molecule has 4 aromatic carbocycles. The molecule has 0 aliphatic carbocycles. The topological polar surface area (TPSA) is 216 Å². The number of hydrogen-bond acceptors (Lipinski definition) is 9. The Morgan fingerprint density at radius 1 is 0.443 bits per heavy atom. The minimum absolute atomic E-state index is 0.0708. The van der Waals surface area contributed by atoms with Gasteiger partial charge in [0.15, 0.2) is 0 Å². The van der Waals surface area contributed by atoms with Crippen LogP contribution in [0.15, 0.2) is 121 Å². The third-order valence-corrected chi connectivity index (χ3v) is 10.3. The normalized spacial score (nSPS) is 11.7. The maximum absolute atomic E-state index is 11.9. The average Bonchev–Trinajstić information content (AvgIpc) is 4.10. The summed E-state index contributed by atoms with van der Waals surface area (Å²) in [6.45, 7) is 1.44. The van der Waals surface area contributed by atoms with E-state index in [-0.39, 0.29) is 23.0 Å². The molecule has 61 heavy (non-hydrogen) atoms. The molecule has 296 valence electrons. The lowest BCUT2D eigenvalue weighted by Crippen LogP contribution is -2.05. The molecule has 15 nitrogen and oxygen atoms in total. The van der Waals surface area contributed by atoms with E-state index in [0.717, 1.165) is 11.1 Å². The number of aromatic nitrogens is 4. The van der Waals surface area contributed by atoms with E-state index in [2.05, 4.69) is 15.3 Å². The minimum Gasteiger partial charge on any atom is -0.354 e. The van der Waals surface area contributed by atoms with Crippen molar-refractivity contribution < 1.29 is 19.6 Å².